The lowest BCUT2D eigenvalue weighted by atomic mass is 10.2. The maximum absolute atomic E-state index is 12.4. The largest absolute Gasteiger partial charge is 0.465 e. The summed E-state index contributed by atoms with van der Waals surface area (Å²) in [5.41, 5.74) is 3.52. The van der Waals surface area contributed by atoms with Gasteiger partial charge < -0.3 is 15.0 Å². The van der Waals surface area contributed by atoms with Crippen LogP contribution in [0.15, 0.2) is 46.8 Å². The lowest BCUT2D eigenvalue weighted by Gasteiger charge is -2.04. The molecule has 2 aromatic heterocycles. The summed E-state index contributed by atoms with van der Waals surface area (Å²) in [5.74, 6) is 1.13. The van der Waals surface area contributed by atoms with Gasteiger partial charge in [0.1, 0.15) is 12.4 Å². The van der Waals surface area contributed by atoms with Gasteiger partial charge in [0.2, 0.25) is 5.91 Å². The number of H-pyrrole nitrogens is 1. The number of imidazole rings is 1. The Morgan fingerprint density at radius 2 is 2.03 bits per heavy atom. The van der Waals surface area contributed by atoms with Crippen molar-refractivity contribution in [3.8, 4) is 0 Å². The first-order valence-electron chi connectivity index (χ1n) is 9.47. The highest BCUT2D eigenvalue weighted by molar-refractivity contribution is 8.01. The van der Waals surface area contributed by atoms with Crippen molar-refractivity contribution in [3.63, 3.8) is 0 Å². The van der Waals surface area contributed by atoms with Crippen molar-refractivity contribution < 1.29 is 14.3 Å². The number of benzene rings is 2. The van der Waals surface area contributed by atoms with Gasteiger partial charge in [0, 0.05) is 31.2 Å². The second-order valence-corrected chi connectivity index (χ2v) is 8.97. The summed E-state index contributed by atoms with van der Waals surface area (Å²) in [6, 6.07) is 13.5. The van der Waals surface area contributed by atoms with Gasteiger partial charge in [0.15, 0.2) is 4.34 Å². The molecule has 9 heteroatoms. The van der Waals surface area contributed by atoms with Gasteiger partial charge in [-0.05, 0) is 30.3 Å². The molecule has 0 bridgehead atoms. The highest BCUT2D eigenvalue weighted by Crippen LogP contribution is 2.31. The fourth-order valence-corrected chi connectivity index (χ4v) is 4.93. The van der Waals surface area contributed by atoms with Crippen LogP contribution in [0.3, 0.4) is 0 Å². The summed E-state index contributed by atoms with van der Waals surface area (Å²) in [6.07, 6.45) is 0.893. The topological polar surface area (TPSA) is 97.0 Å². The van der Waals surface area contributed by atoms with Gasteiger partial charge in [-0.15, -0.1) is 11.3 Å². The Bertz CT molecular complexity index is 1170. The molecule has 0 saturated carbocycles. The van der Waals surface area contributed by atoms with E-state index in [1.807, 2.05) is 42.5 Å². The van der Waals surface area contributed by atoms with Crippen LogP contribution in [0.4, 0.5) is 5.69 Å². The van der Waals surface area contributed by atoms with Crippen LogP contribution >= 0.6 is 23.1 Å². The highest BCUT2D eigenvalue weighted by Gasteiger charge is 2.09. The van der Waals surface area contributed by atoms with Gasteiger partial charge in [0.05, 0.1) is 21.3 Å². The molecule has 2 aromatic carbocycles. The number of thioether (sulfide) groups is 1. The average molecular weight is 441 g/mol. The fourth-order valence-electron chi connectivity index (χ4n) is 2.94. The summed E-state index contributed by atoms with van der Waals surface area (Å²) in [7, 11) is 0. The number of anilines is 1. The lowest BCUT2D eigenvalue weighted by Crippen LogP contribution is -2.12. The summed E-state index contributed by atoms with van der Waals surface area (Å²) in [4.78, 5) is 35.5. The molecule has 4 aromatic rings. The average Bonchev–Trinajstić information content (AvgIpc) is 3.32. The van der Waals surface area contributed by atoms with Crippen molar-refractivity contribution >= 4 is 61.9 Å². The number of aromatic amines is 1. The first-order valence-corrected chi connectivity index (χ1v) is 11.3. The Hall–Kier alpha value is -2.91. The van der Waals surface area contributed by atoms with Crippen molar-refractivity contribution in [1.29, 1.82) is 0 Å². The maximum Gasteiger partial charge on any atom is 0.302 e. The van der Waals surface area contributed by atoms with E-state index in [9.17, 15) is 9.59 Å². The van der Waals surface area contributed by atoms with E-state index in [-0.39, 0.29) is 11.9 Å². The minimum atomic E-state index is -0.277. The van der Waals surface area contributed by atoms with E-state index in [2.05, 4.69) is 20.3 Å². The van der Waals surface area contributed by atoms with Gasteiger partial charge in [-0.3, -0.25) is 9.59 Å². The molecule has 0 aliphatic heterocycles. The third kappa shape index (κ3) is 5.17. The molecule has 0 aliphatic carbocycles. The summed E-state index contributed by atoms with van der Waals surface area (Å²) in [6.45, 7) is 1.76. The van der Waals surface area contributed by atoms with Crippen molar-refractivity contribution in [2.75, 3.05) is 17.7 Å². The zero-order valence-corrected chi connectivity index (χ0v) is 17.9. The van der Waals surface area contributed by atoms with E-state index < -0.39 is 0 Å². The third-order valence-corrected chi connectivity index (χ3v) is 6.42. The van der Waals surface area contributed by atoms with E-state index in [1.165, 1.54) is 6.92 Å². The van der Waals surface area contributed by atoms with E-state index in [4.69, 9.17) is 4.74 Å². The third-order valence-electron chi connectivity index (χ3n) is 4.29. The zero-order valence-electron chi connectivity index (χ0n) is 16.3. The molecule has 0 unspecified atom stereocenters. The molecule has 0 spiro atoms. The molecule has 7 nitrogen and oxygen atoms in total. The number of fused-ring (bicyclic) bond motifs is 2. The second kappa shape index (κ2) is 9.27. The van der Waals surface area contributed by atoms with Crippen LogP contribution in [0, 0.1) is 0 Å². The molecular weight excluding hydrogens is 420 g/mol. The first kappa shape index (κ1) is 20.4. The number of nitrogens with zero attached hydrogens (tertiary/aromatic N) is 2. The zero-order chi connectivity index (χ0) is 20.9. The van der Waals surface area contributed by atoms with Crippen LogP contribution in [0.5, 0.6) is 0 Å². The quantitative estimate of drug-likeness (QED) is 0.239. The Balaban J connectivity index is 1.32. The molecule has 2 heterocycles. The first-order chi connectivity index (χ1) is 14.6. The Morgan fingerprint density at radius 3 is 2.87 bits per heavy atom. The summed E-state index contributed by atoms with van der Waals surface area (Å²) < 4.78 is 6.84. The number of nitrogens with one attached hydrogen (secondary N) is 2. The number of para-hydroxylation sites is 2. The van der Waals surface area contributed by atoms with Crippen LogP contribution in [0.25, 0.3) is 21.3 Å². The number of thiazole rings is 1. The van der Waals surface area contributed by atoms with E-state index in [0.717, 1.165) is 37.1 Å². The predicted molar refractivity (Wildman–Crippen MR) is 120 cm³/mol. The van der Waals surface area contributed by atoms with Gasteiger partial charge >= 0.3 is 5.97 Å². The molecule has 2 N–H and O–H groups in total. The second-order valence-electron chi connectivity index (χ2n) is 6.60. The Labute approximate surface area is 181 Å². The predicted octanol–water partition coefficient (Wildman–Crippen LogP) is 4.40. The monoisotopic (exact) mass is 440 g/mol. The summed E-state index contributed by atoms with van der Waals surface area (Å²) in [5, 5.41) is 2.95. The molecule has 1 amide bonds. The molecule has 0 saturated heterocycles. The minimum Gasteiger partial charge on any atom is -0.465 e. The van der Waals surface area contributed by atoms with Crippen molar-refractivity contribution in [3.05, 3.63) is 48.3 Å². The fraction of sp³-hybridized carbons (Fsp3) is 0.238. The molecule has 154 valence electrons. The number of carbonyl (C=O) groups is 2. The molecule has 0 radical (unpaired) electrons. The minimum absolute atomic E-state index is 0.0599. The number of aryl methyl sites for hydroxylation is 1. The molecule has 0 atom stereocenters. The Kier molecular flexibility index (Phi) is 6.29. The number of carbonyl (C=O) groups excluding carboxylic acids is 2. The molecule has 30 heavy (non-hydrogen) atoms. The van der Waals surface area contributed by atoms with Gasteiger partial charge in [-0.1, -0.05) is 23.9 Å². The van der Waals surface area contributed by atoms with Crippen LogP contribution in [0.2, 0.25) is 0 Å². The smallest absolute Gasteiger partial charge is 0.302 e. The number of esters is 1. The highest BCUT2D eigenvalue weighted by atomic mass is 32.2. The van der Waals surface area contributed by atoms with Crippen molar-refractivity contribution in [1.82, 2.24) is 15.0 Å². The van der Waals surface area contributed by atoms with Gasteiger partial charge in [-0.2, -0.15) is 0 Å². The number of amides is 1. The SMILES string of the molecule is CC(=O)OCCSc1nc2ccc(NC(=O)CCc3nc4ccccc4[nH]3)cc2s1. The standard InChI is InChI=1S/C21H20N4O3S2/c1-13(26)28-10-11-29-21-25-17-7-6-14(12-18(17)30-21)22-20(27)9-8-19-23-15-4-2-3-5-16(15)24-19/h2-7,12H,8-11H2,1H3,(H,22,27)(H,23,24). The number of aromatic nitrogens is 3. The molecule has 0 aliphatic rings. The number of ether oxygens (including phenoxy) is 1. The number of rotatable bonds is 8. The van der Waals surface area contributed by atoms with Crippen LogP contribution in [-0.2, 0) is 20.7 Å². The van der Waals surface area contributed by atoms with E-state index >= 15 is 0 Å². The molecule has 0 fully saturated rings. The Morgan fingerprint density at radius 1 is 1.17 bits per heavy atom. The van der Waals surface area contributed by atoms with E-state index in [1.54, 1.807) is 23.1 Å². The lowest BCUT2D eigenvalue weighted by molar-refractivity contribution is -0.140. The normalized spacial score (nSPS) is 11.1. The molecular formula is C21H20N4O3S2. The van der Waals surface area contributed by atoms with Crippen LogP contribution < -0.4 is 5.32 Å². The number of hydrogen-bond donors (Lipinski definition) is 2. The van der Waals surface area contributed by atoms with Crippen molar-refractivity contribution in [2.45, 2.75) is 24.1 Å². The maximum atomic E-state index is 12.4. The van der Waals surface area contributed by atoms with Gasteiger partial charge in [0.25, 0.3) is 0 Å². The molecule has 4 rings (SSSR count). The van der Waals surface area contributed by atoms with E-state index in [0.29, 0.717) is 25.2 Å². The summed E-state index contributed by atoms with van der Waals surface area (Å²) >= 11 is 3.10. The van der Waals surface area contributed by atoms with Crippen LogP contribution in [-0.4, -0.2) is 39.2 Å². The number of hydrogen-bond acceptors (Lipinski definition) is 7. The van der Waals surface area contributed by atoms with Gasteiger partial charge in [-0.25, -0.2) is 9.97 Å². The van der Waals surface area contributed by atoms with Crippen molar-refractivity contribution in [2.24, 2.45) is 0 Å². The van der Waals surface area contributed by atoms with Crippen LogP contribution in [0.1, 0.15) is 19.2 Å².